The summed E-state index contributed by atoms with van der Waals surface area (Å²) in [6.45, 7) is 0. The van der Waals surface area contributed by atoms with Crippen LogP contribution in [0.3, 0.4) is 0 Å². The molecule has 0 radical (unpaired) electrons. The van der Waals surface area contributed by atoms with Crippen LogP contribution in [0, 0.1) is 0 Å². The Kier molecular flexibility index (Phi) is 5.16. The minimum Gasteiger partial charge on any atom is -0.497 e. The smallest absolute Gasteiger partial charge is 0.188 e. The van der Waals surface area contributed by atoms with Gasteiger partial charge in [-0.2, -0.15) is 0 Å². The van der Waals surface area contributed by atoms with Gasteiger partial charge in [0, 0.05) is 23.0 Å². The molecule has 5 aromatic rings. The number of hydrogen-bond acceptors (Lipinski definition) is 7. The minimum atomic E-state index is 0.745. The van der Waals surface area contributed by atoms with Crippen LogP contribution < -0.4 is 15.4 Å². The Bertz CT molecular complexity index is 1320. The number of benzene rings is 3. The molecule has 31 heavy (non-hydrogen) atoms. The van der Waals surface area contributed by atoms with E-state index in [2.05, 4.69) is 25.6 Å². The first kappa shape index (κ1) is 19.0. The zero-order chi connectivity index (χ0) is 21.0. The van der Waals surface area contributed by atoms with E-state index in [0.717, 1.165) is 49.5 Å². The van der Waals surface area contributed by atoms with Gasteiger partial charge in [0.2, 0.25) is 0 Å². The number of aromatic nitrogens is 3. The van der Waals surface area contributed by atoms with E-state index in [1.807, 2.05) is 78.9 Å². The van der Waals surface area contributed by atoms with E-state index in [9.17, 15) is 0 Å². The van der Waals surface area contributed by atoms with Gasteiger partial charge >= 0.3 is 0 Å². The molecule has 6 nitrogen and oxygen atoms in total. The van der Waals surface area contributed by atoms with E-state index in [-0.39, 0.29) is 0 Å². The molecular weight excluding hydrogens is 406 g/mol. The molecule has 3 aromatic carbocycles. The van der Waals surface area contributed by atoms with Crippen molar-refractivity contribution in [1.29, 1.82) is 0 Å². The number of nitrogens with one attached hydrogen (secondary N) is 2. The second-order valence-electron chi connectivity index (χ2n) is 6.83. The molecule has 2 heterocycles. The van der Waals surface area contributed by atoms with E-state index in [1.165, 1.54) is 0 Å². The summed E-state index contributed by atoms with van der Waals surface area (Å²) < 4.78 is 6.37. The highest BCUT2D eigenvalue weighted by Gasteiger charge is 2.06. The van der Waals surface area contributed by atoms with Crippen LogP contribution in [0.25, 0.3) is 21.5 Å². The van der Waals surface area contributed by atoms with E-state index in [0.29, 0.717) is 0 Å². The first-order chi connectivity index (χ1) is 15.3. The third-order valence-corrected chi connectivity index (χ3v) is 5.67. The molecule has 0 aliphatic carbocycles. The molecule has 0 aliphatic heterocycles. The normalized spacial score (nSPS) is 10.7. The average Bonchev–Trinajstić information content (AvgIpc) is 3.22. The summed E-state index contributed by atoms with van der Waals surface area (Å²) in [6, 6.07) is 25.9. The summed E-state index contributed by atoms with van der Waals surface area (Å²) in [4.78, 5) is 13.3. The molecule has 2 aromatic heterocycles. The van der Waals surface area contributed by atoms with Crippen molar-refractivity contribution in [1.82, 2.24) is 15.0 Å². The molecule has 0 aliphatic rings. The fourth-order valence-corrected chi connectivity index (χ4v) is 4.10. The predicted octanol–water partition coefficient (Wildman–Crippen LogP) is 6.25. The summed E-state index contributed by atoms with van der Waals surface area (Å²) >= 11 is 1.59. The van der Waals surface area contributed by atoms with Crippen LogP contribution in [0.15, 0.2) is 85.2 Å². The van der Waals surface area contributed by atoms with Gasteiger partial charge in [0.1, 0.15) is 17.9 Å². The highest BCUT2D eigenvalue weighted by atomic mass is 32.1. The van der Waals surface area contributed by atoms with Crippen LogP contribution in [0.5, 0.6) is 5.75 Å². The highest BCUT2D eigenvalue weighted by Crippen LogP contribution is 2.31. The Balaban J connectivity index is 1.29. The number of nitrogens with zero attached hydrogens (tertiary/aromatic N) is 3. The van der Waals surface area contributed by atoms with Crippen LogP contribution in [-0.2, 0) is 0 Å². The minimum absolute atomic E-state index is 0.745. The van der Waals surface area contributed by atoms with Crippen LogP contribution in [0.2, 0.25) is 0 Å². The van der Waals surface area contributed by atoms with Gasteiger partial charge < -0.3 is 15.4 Å². The standard InChI is InChI=1S/C24H19N5OS/c1-30-19-11-12-20-22(13-19)31-24(29-20)28-18-9-7-17(8-10-18)27-23-14-21(25-15-26-23)16-5-3-2-4-6-16/h2-15H,1H3,(H,28,29)(H,25,26,27). The maximum Gasteiger partial charge on any atom is 0.188 e. The first-order valence-corrected chi connectivity index (χ1v) is 10.5. The molecule has 5 rings (SSSR count). The zero-order valence-electron chi connectivity index (χ0n) is 16.7. The monoisotopic (exact) mass is 425 g/mol. The van der Waals surface area contributed by atoms with Crippen molar-refractivity contribution < 1.29 is 4.74 Å². The largest absolute Gasteiger partial charge is 0.497 e. The second kappa shape index (κ2) is 8.41. The average molecular weight is 426 g/mol. The van der Waals surface area contributed by atoms with Crippen molar-refractivity contribution in [3.05, 3.63) is 85.2 Å². The fraction of sp³-hybridized carbons (Fsp3) is 0.0417. The van der Waals surface area contributed by atoms with Crippen molar-refractivity contribution in [3.8, 4) is 17.0 Å². The van der Waals surface area contributed by atoms with Crippen LogP contribution in [-0.4, -0.2) is 22.1 Å². The van der Waals surface area contributed by atoms with Crippen LogP contribution in [0.4, 0.5) is 22.3 Å². The molecule has 0 saturated carbocycles. The maximum absolute atomic E-state index is 5.29. The first-order valence-electron chi connectivity index (χ1n) is 9.73. The molecule has 152 valence electrons. The highest BCUT2D eigenvalue weighted by molar-refractivity contribution is 7.22. The van der Waals surface area contributed by atoms with Gasteiger partial charge in [0.05, 0.1) is 23.0 Å². The Morgan fingerprint density at radius 1 is 0.806 bits per heavy atom. The summed E-state index contributed by atoms with van der Waals surface area (Å²) in [7, 11) is 1.67. The van der Waals surface area contributed by atoms with Gasteiger partial charge in [0.15, 0.2) is 5.13 Å². The van der Waals surface area contributed by atoms with Crippen molar-refractivity contribution in [2.45, 2.75) is 0 Å². The molecule has 0 amide bonds. The third kappa shape index (κ3) is 4.31. The lowest BCUT2D eigenvalue weighted by Crippen LogP contribution is -1.96. The molecule has 0 fully saturated rings. The van der Waals surface area contributed by atoms with Crippen molar-refractivity contribution in [2.75, 3.05) is 17.7 Å². The number of ether oxygens (including phenoxy) is 1. The molecule has 0 atom stereocenters. The summed E-state index contributed by atoms with van der Waals surface area (Å²) in [5, 5.41) is 7.54. The van der Waals surface area contributed by atoms with Gasteiger partial charge in [-0.1, -0.05) is 41.7 Å². The lowest BCUT2D eigenvalue weighted by molar-refractivity contribution is 0.415. The number of anilines is 4. The molecule has 7 heteroatoms. The molecule has 0 saturated heterocycles. The summed E-state index contributed by atoms with van der Waals surface area (Å²) in [5.41, 5.74) is 4.79. The van der Waals surface area contributed by atoms with Crippen LogP contribution in [0.1, 0.15) is 0 Å². The summed E-state index contributed by atoms with van der Waals surface area (Å²) in [6.07, 6.45) is 1.57. The van der Waals surface area contributed by atoms with Gasteiger partial charge in [-0.05, 0) is 42.5 Å². The number of thiazole rings is 1. The predicted molar refractivity (Wildman–Crippen MR) is 127 cm³/mol. The van der Waals surface area contributed by atoms with Gasteiger partial charge in [-0.25, -0.2) is 15.0 Å². The van der Waals surface area contributed by atoms with E-state index < -0.39 is 0 Å². The molecular formula is C24H19N5OS. The Labute approximate surface area is 183 Å². The lowest BCUT2D eigenvalue weighted by atomic mass is 10.1. The number of rotatable bonds is 6. The van der Waals surface area contributed by atoms with Crippen LogP contribution >= 0.6 is 11.3 Å². The van der Waals surface area contributed by atoms with Gasteiger partial charge in [-0.3, -0.25) is 0 Å². The van der Waals surface area contributed by atoms with E-state index in [4.69, 9.17) is 4.74 Å². The van der Waals surface area contributed by atoms with E-state index >= 15 is 0 Å². The zero-order valence-corrected chi connectivity index (χ0v) is 17.6. The molecule has 0 unspecified atom stereocenters. The SMILES string of the molecule is COc1ccc2nc(Nc3ccc(Nc4cc(-c5ccccc5)ncn4)cc3)sc2c1. The number of methoxy groups -OCH3 is 1. The maximum atomic E-state index is 5.29. The Morgan fingerprint density at radius 3 is 2.35 bits per heavy atom. The van der Waals surface area contributed by atoms with Gasteiger partial charge in [-0.15, -0.1) is 0 Å². The topological polar surface area (TPSA) is 72.0 Å². The Morgan fingerprint density at radius 2 is 1.58 bits per heavy atom. The van der Waals surface area contributed by atoms with Crippen molar-refractivity contribution in [3.63, 3.8) is 0 Å². The Hall–Kier alpha value is -3.97. The van der Waals surface area contributed by atoms with Crippen molar-refractivity contribution >= 4 is 43.9 Å². The van der Waals surface area contributed by atoms with Crippen molar-refractivity contribution in [2.24, 2.45) is 0 Å². The number of fused-ring (bicyclic) bond motifs is 1. The fourth-order valence-electron chi connectivity index (χ4n) is 3.19. The number of hydrogen-bond donors (Lipinski definition) is 2. The molecule has 2 N–H and O–H groups in total. The quantitative estimate of drug-likeness (QED) is 0.335. The third-order valence-electron chi connectivity index (χ3n) is 4.74. The lowest BCUT2D eigenvalue weighted by Gasteiger charge is -2.08. The molecule has 0 spiro atoms. The van der Waals surface area contributed by atoms with E-state index in [1.54, 1.807) is 24.8 Å². The van der Waals surface area contributed by atoms with Gasteiger partial charge in [0.25, 0.3) is 0 Å². The second-order valence-corrected chi connectivity index (χ2v) is 7.87. The molecule has 0 bridgehead atoms. The summed E-state index contributed by atoms with van der Waals surface area (Å²) in [5.74, 6) is 1.58.